The Kier molecular flexibility index (Phi) is 6.40. The minimum Gasteiger partial charge on any atom is -0.228 e. The molecule has 0 saturated heterocycles. The molecule has 0 amide bonds. The van der Waals surface area contributed by atoms with Gasteiger partial charge >= 0.3 is 0 Å². The molecule has 208 valence electrons. The Bertz CT molecular complexity index is 2320. The lowest BCUT2D eigenvalue weighted by Gasteiger charge is -2.14. The smallest absolute Gasteiger partial charge is 0.160 e. The van der Waals surface area contributed by atoms with Gasteiger partial charge in [-0.2, -0.15) is 0 Å². The number of aromatic nitrogens is 2. The van der Waals surface area contributed by atoms with Gasteiger partial charge in [-0.3, -0.25) is 0 Å². The number of allylic oxidation sites excluding steroid dienone is 1. The number of hydrogen-bond donors (Lipinski definition) is 0. The summed E-state index contributed by atoms with van der Waals surface area (Å²) >= 11 is 1.83. The van der Waals surface area contributed by atoms with Gasteiger partial charge in [0, 0.05) is 37.0 Å². The highest BCUT2D eigenvalue weighted by Crippen LogP contribution is 2.44. The quantitative estimate of drug-likeness (QED) is 0.189. The molecule has 0 aliphatic carbocycles. The van der Waals surface area contributed by atoms with Crippen molar-refractivity contribution < 1.29 is 0 Å². The second-order valence-corrected chi connectivity index (χ2v) is 12.0. The monoisotopic (exact) mass is 580 g/mol. The molecule has 44 heavy (non-hydrogen) atoms. The van der Waals surface area contributed by atoms with Gasteiger partial charge in [0.2, 0.25) is 0 Å². The number of rotatable bonds is 5. The summed E-state index contributed by atoms with van der Waals surface area (Å²) in [4.78, 5) is 11.3. The SMILES string of the molecule is C=Cc1sc2c(ccc3c4ccc(-c5cc(-c6ccccc6)nc(-c6ccccc6)n5)cc4c4ccccc4c32)c1/C=C\C. The van der Waals surface area contributed by atoms with E-state index in [1.54, 1.807) is 0 Å². The molecule has 2 nitrogen and oxygen atoms in total. The van der Waals surface area contributed by atoms with Gasteiger partial charge in [-0.25, -0.2) is 9.97 Å². The van der Waals surface area contributed by atoms with Gasteiger partial charge in [0.05, 0.1) is 11.4 Å². The van der Waals surface area contributed by atoms with Crippen LogP contribution in [-0.2, 0) is 0 Å². The molecule has 0 radical (unpaired) electrons. The maximum Gasteiger partial charge on any atom is 0.160 e. The number of hydrogen-bond acceptors (Lipinski definition) is 3. The first-order valence-corrected chi connectivity index (χ1v) is 15.6. The number of nitrogens with zero attached hydrogens (tertiary/aromatic N) is 2. The Morgan fingerprint density at radius 2 is 1.16 bits per heavy atom. The van der Waals surface area contributed by atoms with Gasteiger partial charge in [-0.1, -0.05) is 134 Å². The van der Waals surface area contributed by atoms with Crippen LogP contribution in [0.25, 0.3) is 88.5 Å². The van der Waals surface area contributed by atoms with Crippen LogP contribution in [0.15, 0.2) is 134 Å². The largest absolute Gasteiger partial charge is 0.228 e. The number of benzene rings is 6. The summed E-state index contributed by atoms with van der Waals surface area (Å²) in [5.41, 5.74) is 6.20. The zero-order valence-corrected chi connectivity index (χ0v) is 25.1. The molecule has 0 unspecified atom stereocenters. The van der Waals surface area contributed by atoms with E-state index in [4.69, 9.17) is 9.97 Å². The van der Waals surface area contributed by atoms with E-state index in [0.717, 1.165) is 33.9 Å². The second kappa shape index (κ2) is 10.7. The zero-order chi connectivity index (χ0) is 29.6. The molecule has 8 rings (SSSR count). The molecule has 8 aromatic rings. The van der Waals surface area contributed by atoms with Crippen LogP contribution in [0.3, 0.4) is 0 Å². The highest BCUT2D eigenvalue weighted by Gasteiger charge is 2.17. The van der Waals surface area contributed by atoms with Crippen LogP contribution in [0.4, 0.5) is 0 Å². The van der Waals surface area contributed by atoms with Crippen molar-refractivity contribution in [3.05, 3.63) is 144 Å². The highest BCUT2D eigenvalue weighted by atomic mass is 32.1. The molecule has 0 spiro atoms. The third-order valence-electron chi connectivity index (χ3n) is 8.36. The Morgan fingerprint density at radius 3 is 1.89 bits per heavy atom. The highest BCUT2D eigenvalue weighted by molar-refractivity contribution is 7.21. The Labute approximate surface area is 260 Å². The molecular formula is C41H28N2S. The lowest BCUT2D eigenvalue weighted by molar-refractivity contribution is 1.18. The normalized spacial score (nSPS) is 11.8. The molecule has 0 bridgehead atoms. The van der Waals surface area contributed by atoms with Gasteiger partial charge in [0.15, 0.2) is 5.82 Å². The van der Waals surface area contributed by atoms with Crippen LogP contribution < -0.4 is 0 Å². The second-order valence-electron chi connectivity index (χ2n) is 10.9. The van der Waals surface area contributed by atoms with Gasteiger partial charge in [0.1, 0.15) is 0 Å². The molecular weight excluding hydrogens is 553 g/mol. The van der Waals surface area contributed by atoms with Crippen molar-refractivity contribution in [3.63, 3.8) is 0 Å². The van der Waals surface area contributed by atoms with E-state index in [1.165, 1.54) is 52.8 Å². The van der Waals surface area contributed by atoms with Gasteiger partial charge in [-0.15, -0.1) is 11.3 Å². The Balaban J connectivity index is 1.41. The molecule has 2 heterocycles. The van der Waals surface area contributed by atoms with Gasteiger partial charge in [0.25, 0.3) is 0 Å². The van der Waals surface area contributed by atoms with Crippen molar-refractivity contribution in [1.82, 2.24) is 9.97 Å². The minimum absolute atomic E-state index is 0.723. The summed E-state index contributed by atoms with van der Waals surface area (Å²) in [7, 11) is 0. The fourth-order valence-corrected chi connectivity index (χ4v) is 7.55. The standard InChI is InChI=1S/C41H28N2S/c1-3-13-31-34-23-22-33-30-21-20-28(24-35(30)29-18-11-12-19-32(29)39(33)40(34)44-38(31)4-2)37-25-36(26-14-7-5-8-15-26)42-41(43-37)27-16-9-6-10-17-27/h3-25H,2H2,1H3/b13-3-. The van der Waals surface area contributed by atoms with E-state index < -0.39 is 0 Å². The van der Waals surface area contributed by atoms with E-state index >= 15 is 0 Å². The predicted molar refractivity (Wildman–Crippen MR) is 191 cm³/mol. The van der Waals surface area contributed by atoms with Crippen LogP contribution in [0, 0.1) is 0 Å². The third kappa shape index (κ3) is 4.24. The van der Waals surface area contributed by atoms with Crippen molar-refractivity contribution in [2.75, 3.05) is 0 Å². The first-order chi connectivity index (χ1) is 21.7. The van der Waals surface area contributed by atoms with Crippen molar-refractivity contribution in [1.29, 1.82) is 0 Å². The average molecular weight is 581 g/mol. The van der Waals surface area contributed by atoms with E-state index in [1.807, 2.05) is 41.7 Å². The molecule has 0 atom stereocenters. The fraction of sp³-hybridized carbons (Fsp3) is 0.0244. The molecule has 2 aromatic heterocycles. The summed E-state index contributed by atoms with van der Waals surface area (Å²) < 4.78 is 1.31. The first kappa shape index (κ1) is 26.3. The molecule has 0 fully saturated rings. The van der Waals surface area contributed by atoms with Crippen molar-refractivity contribution in [2.24, 2.45) is 0 Å². The molecule has 6 aromatic carbocycles. The first-order valence-electron chi connectivity index (χ1n) is 14.8. The summed E-state index contributed by atoms with van der Waals surface area (Å²) in [5.74, 6) is 0.723. The van der Waals surface area contributed by atoms with E-state index in [9.17, 15) is 0 Å². The lowest BCUT2D eigenvalue weighted by Crippen LogP contribution is -1.96. The third-order valence-corrected chi connectivity index (χ3v) is 9.60. The fourth-order valence-electron chi connectivity index (χ4n) is 6.35. The summed E-state index contributed by atoms with van der Waals surface area (Å²) in [6, 6.07) is 42.8. The average Bonchev–Trinajstić information content (AvgIpc) is 3.46. The molecule has 0 aliphatic rings. The minimum atomic E-state index is 0.723. The molecule has 0 N–H and O–H groups in total. The molecule has 0 aliphatic heterocycles. The molecule has 0 saturated carbocycles. The van der Waals surface area contributed by atoms with Crippen LogP contribution in [0.2, 0.25) is 0 Å². The van der Waals surface area contributed by atoms with Gasteiger partial charge in [-0.05, 0) is 51.6 Å². The van der Waals surface area contributed by atoms with Crippen molar-refractivity contribution in [3.8, 4) is 33.9 Å². The van der Waals surface area contributed by atoms with Crippen LogP contribution in [0.5, 0.6) is 0 Å². The topological polar surface area (TPSA) is 25.8 Å². The number of thiophene rings is 1. The Hall–Kier alpha value is -5.38. The maximum absolute atomic E-state index is 5.10. The summed E-state index contributed by atoms with van der Waals surface area (Å²) in [5, 5.41) is 8.82. The molecule has 3 heteroatoms. The summed E-state index contributed by atoms with van der Waals surface area (Å²) in [6.07, 6.45) is 6.29. The van der Waals surface area contributed by atoms with Crippen molar-refractivity contribution >= 4 is 65.9 Å². The number of fused-ring (bicyclic) bond motifs is 8. The summed E-state index contributed by atoms with van der Waals surface area (Å²) in [6.45, 7) is 6.19. The zero-order valence-electron chi connectivity index (χ0n) is 24.3. The predicted octanol–water partition coefficient (Wildman–Crippen LogP) is 11.8. The lowest BCUT2D eigenvalue weighted by atomic mass is 9.91. The van der Waals surface area contributed by atoms with Crippen LogP contribution in [-0.4, -0.2) is 9.97 Å². The van der Waals surface area contributed by atoms with E-state index in [-0.39, 0.29) is 0 Å². The van der Waals surface area contributed by atoms with Crippen LogP contribution >= 0.6 is 11.3 Å². The maximum atomic E-state index is 5.10. The van der Waals surface area contributed by atoms with E-state index in [2.05, 4.69) is 123 Å². The Morgan fingerprint density at radius 1 is 0.568 bits per heavy atom. The van der Waals surface area contributed by atoms with E-state index in [0.29, 0.717) is 0 Å². The van der Waals surface area contributed by atoms with Crippen molar-refractivity contribution in [2.45, 2.75) is 6.92 Å². The van der Waals surface area contributed by atoms with Crippen LogP contribution in [0.1, 0.15) is 17.4 Å². The van der Waals surface area contributed by atoms with Gasteiger partial charge < -0.3 is 0 Å².